The fraction of sp³-hybridized carbons (Fsp3) is 0.950. The highest BCUT2D eigenvalue weighted by atomic mass is 32.2. The molecule has 2 unspecified atom stereocenters. The highest BCUT2D eigenvalue weighted by Crippen LogP contribution is 2.21. The minimum absolute atomic E-state index is 0.0340. The average molecular weight is 409 g/mol. The highest BCUT2D eigenvalue weighted by molar-refractivity contribution is 7.92. The van der Waals surface area contributed by atoms with Gasteiger partial charge in [-0.15, -0.1) is 0 Å². The van der Waals surface area contributed by atoms with Gasteiger partial charge in [-0.05, 0) is 38.5 Å². The molecular weight excluding hydrogens is 368 g/mol. The van der Waals surface area contributed by atoms with Crippen LogP contribution in [0.15, 0.2) is 0 Å². The zero-order valence-corrected chi connectivity index (χ0v) is 18.0. The monoisotopic (exact) mass is 408 g/mol. The number of carbonyl (C=O) groups is 1. The van der Waals surface area contributed by atoms with Crippen LogP contribution in [0.3, 0.4) is 0 Å². The summed E-state index contributed by atoms with van der Waals surface area (Å²) in [5, 5.41) is 18.3. The lowest BCUT2D eigenvalue weighted by Gasteiger charge is -2.18. The third-order valence-corrected chi connectivity index (χ3v) is 7.17. The van der Waals surface area contributed by atoms with Crippen molar-refractivity contribution in [3.63, 3.8) is 0 Å². The summed E-state index contributed by atoms with van der Waals surface area (Å²) in [6, 6.07) is 0. The fourth-order valence-corrected chi connectivity index (χ4v) is 5.01. The summed E-state index contributed by atoms with van der Waals surface area (Å²) in [5.74, 6) is -0.751. The van der Waals surface area contributed by atoms with E-state index >= 15 is 0 Å². The molecule has 0 radical (unpaired) electrons. The molecule has 0 saturated heterocycles. The van der Waals surface area contributed by atoms with Gasteiger partial charge < -0.3 is 14.9 Å². The second-order valence-corrected chi connectivity index (χ2v) is 9.81. The van der Waals surface area contributed by atoms with E-state index in [9.17, 15) is 18.3 Å². The van der Waals surface area contributed by atoms with Crippen LogP contribution in [0, 0.1) is 0 Å². The van der Waals surface area contributed by atoms with Gasteiger partial charge in [0.15, 0.2) is 9.84 Å². The van der Waals surface area contributed by atoms with E-state index < -0.39 is 21.1 Å². The Morgan fingerprint density at radius 2 is 1.52 bits per heavy atom. The first kappa shape index (κ1) is 26.3. The number of sulfone groups is 1. The van der Waals surface area contributed by atoms with Crippen molar-refractivity contribution >= 4 is 15.8 Å². The summed E-state index contributed by atoms with van der Waals surface area (Å²) >= 11 is 0. The van der Waals surface area contributed by atoms with Crippen molar-refractivity contribution in [3.05, 3.63) is 0 Å². The van der Waals surface area contributed by atoms with Crippen molar-refractivity contribution in [2.45, 2.75) is 102 Å². The molecule has 0 aromatic carbocycles. The Labute approximate surface area is 165 Å². The molecule has 0 fully saturated rings. The van der Waals surface area contributed by atoms with Gasteiger partial charge in [0, 0.05) is 13.5 Å². The number of carboxylic acid groups (broad SMARTS) is 1. The van der Waals surface area contributed by atoms with Crippen molar-refractivity contribution in [1.29, 1.82) is 0 Å². The van der Waals surface area contributed by atoms with Crippen LogP contribution in [0.1, 0.15) is 90.4 Å². The minimum atomic E-state index is -3.21. The van der Waals surface area contributed by atoms with Crippen molar-refractivity contribution in [2.75, 3.05) is 19.5 Å². The van der Waals surface area contributed by atoms with Gasteiger partial charge in [-0.25, -0.2) is 8.42 Å². The lowest BCUT2D eigenvalue weighted by Crippen LogP contribution is -2.26. The second-order valence-electron chi connectivity index (χ2n) is 7.41. The molecule has 162 valence electrons. The van der Waals surface area contributed by atoms with Crippen LogP contribution in [0.25, 0.3) is 0 Å². The summed E-state index contributed by atoms with van der Waals surface area (Å²) in [7, 11) is -1.71. The summed E-state index contributed by atoms with van der Waals surface area (Å²) in [6.07, 6.45) is 9.51. The van der Waals surface area contributed by atoms with Crippen molar-refractivity contribution in [3.8, 4) is 0 Å². The van der Waals surface area contributed by atoms with Crippen LogP contribution in [-0.2, 0) is 19.4 Å². The number of aliphatic hydroxyl groups is 1. The van der Waals surface area contributed by atoms with Gasteiger partial charge in [0.05, 0.1) is 23.7 Å². The predicted molar refractivity (Wildman–Crippen MR) is 109 cm³/mol. The molecule has 0 spiro atoms. The maximum atomic E-state index is 12.6. The predicted octanol–water partition coefficient (Wildman–Crippen LogP) is 3.95. The van der Waals surface area contributed by atoms with Crippen LogP contribution < -0.4 is 0 Å². The fourth-order valence-electron chi connectivity index (χ4n) is 3.23. The van der Waals surface area contributed by atoms with E-state index in [2.05, 4.69) is 6.92 Å². The number of methoxy groups -OCH3 is 1. The Balaban J connectivity index is 4.34. The number of hydrogen-bond acceptors (Lipinski definition) is 5. The zero-order valence-electron chi connectivity index (χ0n) is 17.2. The molecule has 0 aliphatic carbocycles. The molecule has 0 heterocycles. The number of aliphatic carboxylic acids is 1. The molecule has 6 nitrogen and oxygen atoms in total. The van der Waals surface area contributed by atoms with E-state index in [1.54, 1.807) is 0 Å². The Morgan fingerprint density at radius 1 is 0.926 bits per heavy atom. The molecule has 0 aromatic rings. The van der Waals surface area contributed by atoms with Gasteiger partial charge >= 0.3 is 5.97 Å². The first-order valence-corrected chi connectivity index (χ1v) is 12.1. The van der Waals surface area contributed by atoms with E-state index in [0.717, 1.165) is 44.9 Å². The van der Waals surface area contributed by atoms with E-state index in [0.29, 0.717) is 32.1 Å². The SMILES string of the molecule is CCCCCC(O)CCCC(CCCCCCC(=O)O)S(=O)(=O)CCOC. The molecule has 0 rings (SSSR count). The van der Waals surface area contributed by atoms with Crippen LogP contribution in [-0.4, -0.2) is 55.4 Å². The largest absolute Gasteiger partial charge is 0.481 e. The molecule has 0 saturated carbocycles. The lowest BCUT2D eigenvalue weighted by molar-refractivity contribution is -0.137. The number of rotatable bonds is 19. The number of hydrogen-bond donors (Lipinski definition) is 2. The first-order valence-electron chi connectivity index (χ1n) is 10.4. The van der Waals surface area contributed by atoms with Gasteiger partial charge in [-0.1, -0.05) is 45.4 Å². The van der Waals surface area contributed by atoms with Crippen LogP contribution in [0.5, 0.6) is 0 Å². The van der Waals surface area contributed by atoms with E-state index in [1.807, 2.05) is 0 Å². The third kappa shape index (κ3) is 15.0. The number of aliphatic hydroxyl groups excluding tert-OH is 1. The normalized spacial score (nSPS) is 14.2. The molecule has 0 aliphatic rings. The Bertz CT molecular complexity index is 463. The lowest BCUT2D eigenvalue weighted by atomic mass is 10.0. The Kier molecular flexibility index (Phi) is 15.9. The van der Waals surface area contributed by atoms with Crippen LogP contribution in [0.2, 0.25) is 0 Å². The van der Waals surface area contributed by atoms with Gasteiger partial charge in [-0.2, -0.15) is 0 Å². The highest BCUT2D eigenvalue weighted by Gasteiger charge is 2.24. The Hall–Kier alpha value is -0.660. The topological polar surface area (TPSA) is 101 Å². The van der Waals surface area contributed by atoms with Gasteiger partial charge in [0.2, 0.25) is 0 Å². The van der Waals surface area contributed by atoms with Crippen molar-refractivity contribution in [2.24, 2.45) is 0 Å². The number of ether oxygens (including phenoxy) is 1. The Morgan fingerprint density at radius 3 is 2.15 bits per heavy atom. The maximum Gasteiger partial charge on any atom is 0.303 e. The molecule has 0 aliphatic heterocycles. The van der Waals surface area contributed by atoms with Crippen LogP contribution in [0.4, 0.5) is 0 Å². The second kappa shape index (κ2) is 16.3. The molecule has 27 heavy (non-hydrogen) atoms. The molecule has 0 aromatic heterocycles. The van der Waals surface area contributed by atoms with Gasteiger partial charge in [0.1, 0.15) is 0 Å². The average Bonchev–Trinajstić information content (AvgIpc) is 2.61. The smallest absolute Gasteiger partial charge is 0.303 e. The van der Waals surface area contributed by atoms with E-state index in [4.69, 9.17) is 9.84 Å². The van der Waals surface area contributed by atoms with Crippen molar-refractivity contribution < 1.29 is 28.2 Å². The maximum absolute atomic E-state index is 12.6. The quantitative estimate of drug-likeness (QED) is 0.314. The third-order valence-electron chi connectivity index (χ3n) is 4.95. The van der Waals surface area contributed by atoms with Gasteiger partial charge in [-0.3, -0.25) is 4.79 Å². The van der Waals surface area contributed by atoms with Crippen LogP contribution >= 0.6 is 0 Å². The summed E-state index contributed by atoms with van der Waals surface area (Å²) in [6.45, 7) is 2.33. The first-order chi connectivity index (χ1) is 12.8. The molecule has 7 heteroatoms. The molecule has 0 amide bonds. The summed E-state index contributed by atoms with van der Waals surface area (Å²) in [5.41, 5.74) is 0. The van der Waals surface area contributed by atoms with Gasteiger partial charge in [0.25, 0.3) is 0 Å². The number of carboxylic acids is 1. The molecule has 2 atom stereocenters. The van der Waals surface area contributed by atoms with Crippen molar-refractivity contribution in [1.82, 2.24) is 0 Å². The van der Waals surface area contributed by atoms with E-state index in [1.165, 1.54) is 7.11 Å². The molecule has 0 bridgehead atoms. The standard InChI is InChI=1S/C20H40O6S/c1-3-4-7-11-18(21)12-10-14-19(27(24,25)17-16-26-2)13-8-5-6-9-15-20(22)23/h18-19,21H,3-17H2,1-2H3,(H,22,23). The summed E-state index contributed by atoms with van der Waals surface area (Å²) < 4.78 is 30.1. The number of unbranched alkanes of at least 4 members (excludes halogenated alkanes) is 5. The van der Waals surface area contributed by atoms with E-state index in [-0.39, 0.29) is 24.9 Å². The molecule has 2 N–H and O–H groups in total. The summed E-state index contributed by atoms with van der Waals surface area (Å²) in [4.78, 5) is 10.5. The zero-order chi connectivity index (χ0) is 20.5. The molecular formula is C20H40O6S. The minimum Gasteiger partial charge on any atom is -0.481 e.